The first-order valence-corrected chi connectivity index (χ1v) is 5.92. The highest BCUT2D eigenvalue weighted by molar-refractivity contribution is 6.25. The average molecular weight is 267 g/mol. The van der Waals surface area contributed by atoms with Crippen LogP contribution in [0.3, 0.4) is 0 Å². The van der Waals surface area contributed by atoms with Gasteiger partial charge < -0.3 is 5.11 Å². The van der Waals surface area contributed by atoms with Gasteiger partial charge in [0.15, 0.2) is 0 Å². The summed E-state index contributed by atoms with van der Waals surface area (Å²) in [5, 5.41) is 7.92. The molecular weight excluding hydrogens is 255 g/mol. The van der Waals surface area contributed by atoms with Gasteiger partial charge in [0.05, 0.1) is 0 Å². The summed E-state index contributed by atoms with van der Waals surface area (Å²) in [5.41, 5.74) is -0.386. The number of aliphatic carboxylic acids is 1. The summed E-state index contributed by atoms with van der Waals surface area (Å²) in [5.74, 6) is -1.74. The number of carboxylic acid groups (broad SMARTS) is 1. The van der Waals surface area contributed by atoms with E-state index in [1.54, 1.807) is 24.3 Å². The molecule has 2 rings (SSSR count). The molecule has 0 radical (unpaired) electrons. The van der Waals surface area contributed by atoms with Crippen LogP contribution in [0, 0.1) is 5.41 Å². The minimum absolute atomic E-state index is 0.342. The summed E-state index contributed by atoms with van der Waals surface area (Å²) in [6.07, 6.45) is 2.93. The lowest BCUT2D eigenvalue weighted by molar-refractivity contribution is -0.145. The molecule has 0 amide bonds. The summed E-state index contributed by atoms with van der Waals surface area (Å²) < 4.78 is 14.2. The van der Waals surface area contributed by atoms with E-state index in [0.29, 0.717) is 11.1 Å². The molecule has 0 spiro atoms. The molecule has 0 bridgehead atoms. The maximum absolute atomic E-state index is 14.2. The minimum atomic E-state index is -1.41. The van der Waals surface area contributed by atoms with Gasteiger partial charge in [0.25, 0.3) is 0 Å². The lowest BCUT2D eigenvalue weighted by Gasteiger charge is -2.29. The van der Waals surface area contributed by atoms with Gasteiger partial charge >= 0.3 is 5.97 Å². The number of hydrogen-bond acceptors (Lipinski definition) is 1. The molecule has 2 atom stereocenters. The zero-order valence-corrected chi connectivity index (χ0v) is 10.5. The number of hydrogen-bond donors (Lipinski definition) is 1. The van der Waals surface area contributed by atoms with Crippen LogP contribution in [0.15, 0.2) is 48.3 Å². The van der Waals surface area contributed by atoms with E-state index in [0.717, 1.165) is 0 Å². The molecule has 0 aromatic heterocycles. The summed E-state index contributed by atoms with van der Waals surface area (Å²) >= 11 is 5.95. The zero-order valence-electron chi connectivity index (χ0n) is 9.73. The van der Waals surface area contributed by atoms with Gasteiger partial charge in [0.1, 0.15) is 16.6 Å². The smallest absolute Gasteiger partial charge is 0.315 e. The van der Waals surface area contributed by atoms with Crippen molar-refractivity contribution < 1.29 is 14.3 Å². The van der Waals surface area contributed by atoms with E-state index in [4.69, 9.17) is 16.7 Å². The Kier molecular flexibility index (Phi) is 3.26. The van der Waals surface area contributed by atoms with E-state index < -0.39 is 22.6 Å². The van der Waals surface area contributed by atoms with Crippen LogP contribution in [0.4, 0.5) is 4.39 Å². The maximum Gasteiger partial charge on any atom is 0.315 e. The van der Waals surface area contributed by atoms with Crippen molar-refractivity contribution in [2.75, 3.05) is 0 Å². The SMILES string of the molecule is CC1(C(=O)O)C=CC(c2ccccc2)=C(F)C1Cl. The first-order valence-electron chi connectivity index (χ1n) is 5.48. The highest BCUT2D eigenvalue weighted by Gasteiger charge is 2.44. The molecule has 1 aliphatic rings. The van der Waals surface area contributed by atoms with Crippen molar-refractivity contribution >= 4 is 23.1 Å². The van der Waals surface area contributed by atoms with Crippen LogP contribution >= 0.6 is 11.6 Å². The molecule has 1 aliphatic carbocycles. The number of rotatable bonds is 2. The fourth-order valence-corrected chi connectivity index (χ4v) is 2.14. The maximum atomic E-state index is 14.2. The Balaban J connectivity index is 2.46. The van der Waals surface area contributed by atoms with Crippen molar-refractivity contribution in [2.45, 2.75) is 12.3 Å². The van der Waals surface area contributed by atoms with Crippen LogP contribution in [-0.2, 0) is 4.79 Å². The van der Waals surface area contributed by atoms with Gasteiger partial charge in [0.2, 0.25) is 0 Å². The molecule has 1 aromatic rings. The molecule has 0 saturated heterocycles. The lowest BCUT2D eigenvalue weighted by atomic mass is 9.79. The van der Waals surface area contributed by atoms with Crippen LogP contribution in [0.25, 0.3) is 5.57 Å². The summed E-state index contributed by atoms with van der Waals surface area (Å²) in [6, 6.07) is 8.92. The predicted molar refractivity (Wildman–Crippen MR) is 69.0 cm³/mol. The second kappa shape index (κ2) is 4.58. The van der Waals surface area contributed by atoms with Gasteiger partial charge in [-0.15, -0.1) is 11.6 Å². The Morgan fingerprint density at radius 3 is 2.56 bits per heavy atom. The van der Waals surface area contributed by atoms with Crippen molar-refractivity contribution in [3.63, 3.8) is 0 Å². The van der Waals surface area contributed by atoms with Crippen LogP contribution < -0.4 is 0 Å². The normalized spacial score (nSPS) is 27.4. The lowest BCUT2D eigenvalue weighted by Crippen LogP contribution is -2.37. The third kappa shape index (κ3) is 1.95. The minimum Gasteiger partial charge on any atom is -0.481 e. The van der Waals surface area contributed by atoms with Gasteiger partial charge in [-0.1, -0.05) is 42.5 Å². The van der Waals surface area contributed by atoms with E-state index in [1.165, 1.54) is 19.1 Å². The predicted octanol–water partition coefficient (Wildman–Crippen LogP) is 3.64. The van der Waals surface area contributed by atoms with E-state index >= 15 is 0 Å². The Morgan fingerprint density at radius 1 is 1.39 bits per heavy atom. The second-order valence-corrected chi connectivity index (χ2v) is 4.85. The average Bonchev–Trinajstić information content (AvgIpc) is 2.37. The van der Waals surface area contributed by atoms with E-state index in [-0.39, 0.29) is 0 Å². The van der Waals surface area contributed by atoms with Crippen LogP contribution in [-0.4, -0.2) is 16.5 Å². The van der Waals surface area contributed by atoms with E-state index in [9.17, 15) is 9.18 Å². The first-order chi connectivity index (χ1) is 8.47. The molecule has 1 N–H and O–H groups in total. The number of halogens is 2. The molecule has 18 heavy (non-hydrogen) atoms. The molecule has 2 nitrogen and oxygen atoms in total. The fourth-order valence-electron chi connectivity index (χ4n) is 1.85. The highest BCUT2D eigenvalue weighted by atomic mass is 35.5. The quantitative estimate of drug-likeness (QED) is 0.830. The topological polar surface area (TPSA) is 37.3 Å². The molecule has 0 saturated carbocycles. The van der Waals surface area contributed by atoms with Gasteiger partial charge in [-0.3, -0.25) is 4.79 Å². The monoisotopic (exact) mass is 266 g/mol. The summed E-state index contributed by atoms with van der Waals surface area (Å²) in [4.78, 5) is 11.2. The first kappa shape index (κ1) is 12.8. The number of benzene rings is 1. The zero-order chi connectivity index (χ0) is 13.3. The number of alkyl halides is 1. The third-order valence-corrected chi connectivity index (χ3v) is 3.79. The molecule has 0 aliphatic heterocycles. The Hall–Kier alpha value is -1.61. The van der Waals surface area contributed by atoms with Crippen LogP contribution in [0.2, 0.25) is 0 Å². The van der Waals surface area contributed by atoms with Crippen molar-refractivity contribution in [1.29, 1.82) is 0 Å². The third-order valence-electron chi connectivity index (χ3n) is 3.15. The highest BCUT2D eigenvalue weighted by Crippen LogP contribution is 2.41. The fraction of sp³-hybridized carbons (Fsp3) is 0.214. The Morgan fingerprint density at radius 2 is 2.00 bits per heavy atom. The molecular formula is C14H12ClFO2. The molecule has 0 fully saturated rings. The molecule has 2 unspecified atom stereocenters. The second-order valence-electron chi connectivity index (χ2n) is 4.41. The largest absolute Gasteiger partial charge is 0.481 e. The van der Waals surface area contributed by atoms with Crippen LogP contribution in [0.5, 0.6) is 0 Å². The number of allylic oxidation sites excluding steroid dienone is 3. The van der Waals surface area contributed by atoms with Crippen LogP contribution in [0.1, 0.15) is 12.5 Å². The Labute approximate surface area is 109 Å². The van der Waals surface area contributed by atoms with Gasteiger partial charge in [-0.2, -0.15) is 0 Å². The molecule has 0 heterocycles. The van der Waals surface area contributed by atoms with Crippen molar-refractivity contribution in [3.05, 3.63) is 53.9 Å². The van der Waals surface area contributed by atoms with Gasteiger partial charge in [-0.05, 0) is 12.5 Å². The standard InChI is InChI=1S/C14H12ClFO2/c1-14(13(17)18)8-7-10(11(16)12(14)15)9-5-3-2-4-6-9/h2-8,12H,1H3,(H,17,18). The molecule has 94 valence electrons. The van der Waals surface area contributed by atoms with Crippen molar-refractivity contribution in [2.24, 2.45) is 5.41 Å². The Bertz CT molecular complexity index is 536. The summed E-state index contributed by atoms with van der Waals surface area (Å²) in [6.45, 7) is 1.41. The van der Waals surface area contributed by atoms with Crippen molar-refractivity contribution in [1.82, 2.24) is 0 Å². The molecule has 4 heteroatoms. The van der Waals surface area contributed by atoms with E-state index in [2.05, 4.69) is 0 Å². The van der Waals surface area contributed by atoms with Gasteiger partial charge in [0, 0.05) is 5.57 Å². The summed E-state index contributed by atoms with van der Waals surface area (Å²) in [7, 11) is 0. The van der Waals surface area contributed by atoms with Gasteiger partial charge in [-0.25, -0.2) is 4.39 Å². The van der Waals surface area contributed by atoms with Crippen molar-refractivity contribution in [3.8, 4) is 0 Å². The van der Waals surface area contributed by atoms with E-state index in [1.807, 2.05) is 6.07 Å². The number of carboxylic acids is 1. The molecule has 1 aromatic carbocycles. The number of carbonyl (C=O) groups is 1.